The number of aromatic nitrogens is 2. The minimum Gasteiger partial charge on any atom is -0.455 e. The van der Waals surface area contributed by atoms with E-state index >= 15 is 0 Å². The van der Waals surface area contributed by atoms with Gasteiger partial charge in [-0.25, -0.2) is 4.98 Å². The van der Waals surface area contributed by atoms with Crippen LogP contribution in [0.15, 0.2) is 199 Å². The first kappa shape index (κ1) is 31.7. The quantitative estimate of drug-likeness (QED) is 0.170. The van der Waals surface area contributed by atoms with Gasteiger partial charge in [0.05, 0.1) is 22.9 Å². The molecule has 0 aliphatic rings. The van der Waals surface area contributed by atoms with Crippen LogP contribution in [0.4, 0.5) is 0 Å². The normalized spacial score (nSPS) is 11.9. The molecule has 0 fully saturated rings. The monoisotopic (exact) mass is 724 g/mol. The van der Waals surface area contributed by atoms with Crippen molar-refractivity contribution in [3.63, 3.8) is 0 Å². The van der Waals surface area contributed by atoms with Gasteiger partial charge in [-0.3, -0.25) is 4.98 Å². The number of rotatable bonds is 4. The molecule has 3 heteroatoms. The summed E-state index contributed by atoms with van der Waals surface area (Å²) in [6.07, 6.45) is 1.92. The molecular weight excluding hydrogens is 693 g/mol. The number of hydrogen-bond acceptors (Lipinski definition) is 3. The third-order valence-electron chi connectivity index (χ3n) is 11.7. The third-order valence-corrected chi connectivity index (χ3v) is 11.7. The molecule has 12 aromatic rings. The topological polar surface area (TPSA) is 38.9 Å². The van der Waals surface area contributed by atoms with Crippen LogP contribution in [0.5, 0.6) is 0 Å². The zero-order valence-corrected chi connectivity index (χ0v) is 30.8. The molecule has 0 aliphatic carbocycles. The molecule has 0 unspecified atom stereocenters. The fraction of sp³-hybridized carbons (Fsp3) is 0. The second-order valence-corrected chi connectivity index (χ2v) is 14.8. The summed E-state index contributed by atoms with van der Waals surface area (Å²) < 4.78 is 6.50. The molecule has 0 radical (unpaired) electrons. The Kier molecular flexibility index (Phi) is 6.93. The number of benzene rings is 10. The molecule has 0 saturated heterocycles. The smallest absolute Gasteiger partial charge is 0.143 e. The van der Waals surface area contributed by atoms with Crippen LogP contribution < -0.4 is 0 Å². The van der Waals surface area contributed by atoms with Gasteiger partial charge >= 0.3 is 0 Å². The minimum absolute atomic E-state index is 0.857. The molecule has 264 valence electrons. The molecule has 0 aliphatic heterocycles. The van der Waals surface area contributed by atoms with E-state index in [0.29, 0.717) is 0 Å². The van der Waals surface area contributed by atoms with Crippen molar-refractivity contribution in [2.75, 3.05) is 0 Å². The Morgan fingerprint density at radius 3 is 1.51 bits per heavy atom. The van der Waals surface area contributed by atoms with E-state index in [9.17, 15) is 0 Å². The van der Waals surface area contributed by atoms with Crippen molar-refractivity contribution in [2.45, 2.75) is 0 Å². The zero-order chi connectivity index (χ0) is 37.5. The van der Waals surface area contributed by atoms with Gasteiger partial charge in [0.1, 0.15) is 11.2 Å². The van der Waals surface area contributed by atoms with E-state index in [-0.39, 0.29) is 0 Å². The van der Waals surface area contributed by atoms with Crippen LogP contribution in [0.3, 0.4) is 0 Å². The molecular formula is C54H32N2O. The van der Waals surface area contributed by atoms with E-state index in [4.69, 9.17) is 14.4 Å². The lowest BCUT2D eigenvalue weighted by atomic mass is 9.88. The molecule has 0 amide bonds. The lowest BCUT2D eigenvalue weighted by molar-refractivity contribution is 0.670. The highest BCUT2D eigenvalue weighted by Gasteiger charge is 2.18. The van der Waals surface area contributed by atoms with Gasteiger partial charge in [-0.05, 0) is 72.3 Å². The summed E-state index contributed by atoms with van der Waals surface area (Å²) in [6, 6.07) is 67.1. The standard InChI is InChI=1S/C54H32N2O/c1-2-16-37-36(15-1)35(33-13-9-14-34(31-33)50-32-55-52-46-20-5-3-17-41(46)42-18-4-6-21-47(42)53(52)56-50)29-30-44(37)40-24-10-23-39-38(40)22-11-25-43(39)48-26-12-27-49-45-19-7-8-28-51(45)57-54(48)49/h1-32H. The van der Waals surface area contributed by atoms with Gasteiger partial charge in [0.2, 0.25) is 0 Å². The lowest BCUT2D eigenvalue weighted by Crippen LogP contribution is -1.93. The molecule has 3 nitrogen and oxygen atoms in total. The molecule has 2 aromatic heterocycles. The van der Waals surface area contributed by atoms with Crippen molar-refractivity contribution < 1.29 is 4.42 Å². The Labute approximate surface area is 328 Å². The molecule has 0 atom stereocenters. The Balaban J connectivity index is 0.988. The number of hydrogen-bond donors (Lipinski definition) is 0. The van der Waals surface area contributed by atoms with Gasteiger partial charge in [-0.1, -0.05) is 176 Å². The molecule has 0 bridgehead atoms. The van der Waals surface area contributed by atoms with Crippen molar-refractivity contribution in [3.05, 3.63) is 194 Å². The van der Waals surface area contributed by atoms with Crippen molar-refractivity contribution >= 4 is 76.1 Å². The van der Waals surface area contributed by atoms with Crippen molar-refractivity contribution in [3.8, 4) is 44.6 Å². The Hall–Kier alpha value is -7.62. The summed E-state index contributed by atoms with van der Waals surface area (Å²) in [7, 11) is 0. The summed E-state index contributed by atoms with van der Waals surface area (Å²) in [4.78, 5) is 10.3. The van der Waals surface area contributed by atoms with E-state index in [0.717, 1.165) is 71.7 Å². The predicted octanol–water partition coefficient (Wildman–Crippen LogP) is 14.8. The third kappa shape index (κ3) is 4.86. The number of nitrogens with zero attached hydrogens (tertiary/aromatic N) is 2. The van der Waals surface area contributed by atoms with E-state index < -0.39 is 0 Å². The largest absolute Gasteiger partial charge is 0.455 e. The molecule has 0 spiro atoms. The van der Waals surface area contributed by atoms with Crippen molar-refractivity contribution in [1.29, 1.82) is 0 Å². The highest BCUT2D eigenvalue weighted by atomic mass is 16.3. The average Bonchev–Trinajstić information content (AvgIpc) is 3.67. The van der Waals surface area contributed by atoms with Crippen LogP contribution in [0.2, 0.25) is 0 Å². The first-order valence-electron chi connectivity index (χ1n) is 19.4. The fourth-order valence-corrected chi connectivity index (χ4v) is 9.13. The van der Waals surface area contributed by atoms with Crippen LogP contribution in [-0.2, 0) is 0 Å². The van der Waals surface area contributed by atoms with Gasteiger partial charge in [0.25, 0.3) is 0 Å². The lowest BCUT2D eigenvalue weighted by Gasteiger charge is -2.16. The second-order valence-electron chi connectivity index (χ2n) is 14.8. The van der Waals surface area contributed by atoms with Gasteiger partial charge in [0, 0.05) is 32.7 Å². The number of furan rings is 1. The zero-order valence-electron chi connectivity index (χ0n) is 30.8. The highest BCUT2D eigenvalue weighted by molar-refractivity contribution is 6.23. The van der Waals surface area contributed by atoms with Crippen molar-refractivity contribution in [1.82, 2.24) is 9.97 Å². The predicted molar refractivity (Wildman–Crippen MR) is 239 cm³/mol. The van der Waals surface area contributed by atoms with Crippen LogP contribution in [0.1, 0.15) is 0 Å². The molecule has 2 heterocycles. The van der Waals surface area contributed by atoms with E-state index in [2.05, 4.69) is 176 Å². The molecule has 0 saturated carbocycles. The van der Waals surface area contributed by atoms with Crippen LogP contribution >= 0.6 is 0 Å². The minimum atomic E-state index is 0.857. The first-order chi connectivity index (χ1) is 28.3. The molecule has 0 N–H and O–H groups in total. The van der Waals surface area contributed by atoms with Gasteiger partial charge in [0.15, 0.2) is 0 Å². The van der Waals surface area contributed by atoms with Crippen molar-refractivity contribution in [2.24, 2.45) is 0 Å². The summed E-state index contributed by atoms with van der Waals surface area (Å²) in [5, 5.41) is 11.7. The van der Waals surface area contributed by atoms with E-state index in [1.165, 1.54) is 49.0 Å². The Morgan fingerprint density at radius 2 is 0.789 bits per heavy atom. The summed E-state index contributed by atoms with van der Waals surface area (Å²) in [5.41, 5.74) is 12.6. The van der Waals surface area contributed by atoms with E-state index in [1.807, 2.05) is 18.3 Å². The maximum Gasteiger partial charge on any atom is 0.143 e. The Bertz CT molecular complexity index is 3560. The molecule has 57 heavy (non-hydrogen) atoms. The van der Waals surface area contributed by atoms with Gasteiger partial charge in [-0.15, -0.1) is 0 Å². The second kappa shape index (κ2) is 12.5. The van der Waals surface area contributed by atoms with Gasteiger partial charge in [-0.2, -0.15) is 0 Å². The summed E-state index contributed by atoms with van der Waals surface area (Å²) >= 11 is 0. The van der Waals surface area contributed by atoms with E-state index in [1.54, 1.807) is 0 Å². The maximum absolute atomic E-state index is 6.50. The number of para-hydroxylation sites is 2. The SMILES string of the molecule is c1cc(-c2cnc3c4ccccc4c4ccccc4c3n2)cc(-c2ccc(-c3cccc4c(-c5cccc6c5oc5ccccc56)cccc34)c3ccccc23)c1. The van der Waals surface area contributed by atoms with Crippen LogP contribution in [0.25, 0.3) is 121 Å². The molecule has 10 aromatic carbocycles. The number of fused-ring (bicyclic) bond motifs is 11. The maximum atomic E-state index is 6.50. The molecule has 12 rings (SSSR count). The Morgan fingerprint density at radius 1 is 0.316 bits per heavy atom. The van der Waals surface area contributed by atoms with Gasteiger partial charge < -0.3 is 4.42 Å². The summed E-state index contributed by atoms with van der Waals surface area (Å²) in [5.74, 6) is 0. The van der Waals surface area contributed by atoms with Crippen LogP contribution in [0, 0.1) is 0 Å². The highest BCUT2D eigenvalue weighted by Crippen LogP contribution is 2.43. The average molecular weight is 725 g/mol. The first-order valence-corrected chi connectivity index (χ1v) is 19.4. The summed E-state index contributed by atoms with van der Waals surface area (Å²) in [6.45, 7) is 0. The fourth-order valence-electron chi connectivity index (χ4n) is 9.13. The van der Waals surface area contributed by atoms with Crippen LogP contribution in [-0.4, -0.2) is 9.97 Å².